The van der Waals surface area contributed by atoms with E-state index >= 15 is 0 Å². The van der Waals surface area contributed by atoms with E-state index in [4.69, 9.17) is 9.26 Å². The molecular formula is C18H16N2O3. The van der Waals surface area contributed by atoms with Crippen LogP contribution >= 0.6 is 0 Å². The van der Waals surface area contributed by atoms with Crippen molar-refractivity contribution in [1.29, 1.82) is 0 Å². The molecule has 0 radical (unpaired) electrons. The lowest BCUT2D eigenvalue weighted by Crippen LogP contribution is -2.08. The monoisotopic (exact) mass is 308 g/mol. The van der Waals surface area contributed by atoms with Crippen LogP contribution in [-0.2, 0) is 11.2 Å². The summed E-state index contributed by atoms with van der Waals surface area (Å²) in [4.78, 5) is 16.0. The molecule has 23 heavy (non-hydrogen) atoms. The molecular weight excluding hydrogens is 292 g/mol. The smallest absolute Gasteiger partial charge is 0.311 e. The van der Waals surface area contributed by atoms with E-state index < -0.39 is 0 Å². The van der Waals surface area contributed by atoms with Gasteiger partial charge in [0.05, 0.1) is 0 Å². The van der Waals surface area contributed by atoms with Gasteiger partial charge in [-0.1, -0.05) is 35.5 Å². The first kappa shape index (κ1) is 15.0. The van der Waals surface area contributed by atoms with E-state index in [1.165, 1.54) is 0 Å². The lowest BCUT2D eigenvalue weighted by atomic mass is 10.1. The summed E-state index contributed by atoms with van der Waals surface area (Å²) in [6.45, 7) is 1.74. The van der Waals surface area contributed by atoms with Gasteiger partial charge in [0.2, 0.25) is 11.7 Å². The number of ether oxygens (including phenoxy) is 1. The Morgan fingerprint density at radius 3 is 2.48 bits per heavy atom. The Morgan fingerprint density at radius 2 is 1.83 bits per heavy atom. The van der Waals surface area contributed by atoms with Crippen molar-refractivity contribution in [1.82, 2.24) is 10.1 Å². The minimum Gasteiger partial charge on any atom is -0.427 e. The third-order valence-corrected chi connectivity index (χ3v) is 3.33. The summed E-state index contributed by atoms with van der Waals surface area (Å²) >= 11 is 0. The van der Waals surface area contributed by atoms with Gasteiger partial charge >= 0.3 is 5.97 Å². The van der Waals surface area contributed by atoms with E-state index in [0.29, 0.717) is 30.3 Å². The molecule has 1 heterocycles. The molecule has 5 nitrogen and oxygen atoms in total. The molecule has 3 rings (SSSR count). The van der Waals surface area contributed by atoms with Crippen LogP contribution in [0.25, 0.3) is 11.4 Å². The highest BCUT2D eigenvalue weighted by molar-refractivity contribution is 5.73. The molecule has 0 spiro atoms. The number of nitrogens with zero attached hydrogens (tertiary/aromatic N) is 2. The molecule has 2 aromatic carbocycles. The number of aryl methyl sites for hydroxylation is 2. The highest BCUT2D eigenvalue weighted by Gasteiger charge is 2.08. The Hall–Kier alpha value is -2.95. The highest BCUT2D eigenvalue weighted by Crippen LogP contribution is 2.20. The average molecular weight is 308 g/mol. The van der Waals surface area contributed by atoms with Gasteiger partial charge in [-0.25, -0.2) is 0 Å². The predicted octanol–water partition coefficient (Wildman–Crippen LogP) is 3.58. The second-order valence-corrected chi connectivity index (χ2v) is 5.12. The minimum absolute atomic E-state index is 0.253. The summed E-state index contributed by atoms with van der Waals surface area (Å²) in [5, 5.41) is 3.85. The number of hydrogen-bond acceptors (Lipinski definition) is 5. The largest absolute Gasteiger partial charge is 0.427 e. The summed E-state index contributed by atoms with van der Waals surface area (Å²) in [6.07, 6.45) is 1.01. The third kappa shape index (κ3) is 4.03. The van der Waals surface area contributed by atoms with E-state index in [2.05, 4.69) is 10.1 Å². The van der Waals surface area contributed by atoms with Crippen LogP contribution in [0.5, 0.6) is 5.75 Å². The number of rotatable bonds is 5. The zero-order chi connectivity index (χ0) is 16.1. The van der Waals surface area contributed by atoms with Gasteiger partial charge in [0.25, 0.3) is 0 Å². The maximum Gasteiger partial charge on any atom is 0.311 e. The van der Waals surface area contributed by atoms with Crippen LogP contribution < -0.4 is 4.74 Å². The normalized spacial score (nSPS) is 10.5. The Balaban J connectivity index is 1.56. The molecule has 0 N–H and O–H groups in total. The molecule has 0 unspecified atom stereocenters. The topological polar surface area (TPSA) is 65.2 Å². The lowest BCUT2D eigenvalue weighted by Gasteiger charge is -2.05. The van der Waals surface area contributed by atoms with Gasteiger partial charge in [-0.2, -0.15) is 4.98 Å². The van der Waals surface area contributed by atoms with Crippen molar-refractivity contribution in [3.05, 3.63) is 66.1 Å². The van der Waals surface area contributed by atoms with E-state index in [0.717, 1.165) is 11.1 Å². The van der Waals surface area contributed by atoms with Gasteiger partial charge in [-0.3, -0.25) is 4.79 Å². The standard InChI is InChI=1S/C18H16N2O3/c1-13-19-18(20-23-13)15-8-10-16(11-9-15)22-17(21)12-7-14-5-3-2-4-6-14/h2-6,8-11H,7,12H2,1H3. The van der Waals surface area contributed by atoms with Crippen LogP contribution in [0.15, 0.2) is 59.1 Å². The molecule has 1 aromatic heterocycles. The molecule has 3 aromatic rings. The van der Waals surface area contributed by atoms with Crippen molar-refractivity contribution in [2.45, 2.75) is 19.8 Å². The number of aromatic nitrogens is 2. The first-order chi connectivity index (χ1) is 11.2. The molecule has 0 aliphatic carbocycles. The summed E-state index contributed by atoms with van der Waals surface area (Å²) < 4.78 is 10.3. The molecule has 0 saturated heterocycles. The zero-order valence-electron chi connectivity index (χ0n) is 12.7. The average Bonchev–Trinajstić information content (AvgIpc) is 3.01. The highest BCUT2D eigenvalue weighted by atomic mass is 16.5. The minimum atomic E-state index is -0.253. The molecule has 0 amide bonds. The second-order valence-electron chi connectivity index (χ2n) is 5.12. The Kier molecular flexibility index (Phi) is 4.47. The van der Waals surface area contributed by atoms with E-state index in [1.54, 1.807) is 31.2 Å². The molecule has 0 fully saturated rings. The first-order valence-corrected chi connectivity index (χ1v) is 7.36. The lowest BCUT2D eigenvalue weighted by molar-refractivity contribution is -0.134. The van der Waals surface area contributed by atoms with Crippen molar-refractivity contribution in [2.24, 2.45) is 0 Å². The zero-order valence-corrected chi connectivity index (χ0v) is 12.7. The number of carbonyl (C=O) groups is 1. The van der Waals surface area contributed by atoms with Crippen LogP contribution in [0.2, 0.25) is 0 Å². The summed E-state index contributed by atoms with van der Waals surface area (Å²) in [7, 11) is 0. The van der Waals surface area contributed by atoms with Crippen molar-refractivity contribution in [3.63, 3.8) is 0 Å². The predicted molar refractivity (Wildman–Crippen MR) is 84.9 cm³/mol. The Labute approximate surface area is 133 Å². The summed E-state index contributed by atoms with van der Waals surface area (Å²) in [5.41, 5.74) is 1.93. The maximum atomic E-state index is 11.9. The van der Waals surface area contributed by atoms with Crippen molar-refractivity contribution < 1.29 is 14.1 Å². The van der Waals surface area contributed by atoms with E-state index in [-0.39, 0.29) is 5.97 Å². The number of hydrogen-bond donors (Lipinski definition) is 0. The van der Waals surface area contributed by atoms with Crippen LogP contribution in [-0.4, -0.2) is 16.1 Å². The summed E-state index contributed by atoms with van der Waals surface area (Å²) in [5.74, 6) is 1.28. The molecule has 0 aliphatic rings. The fourth-order valence-corrected chi connectivity index (χ4v) is 2.16. The van der Waals surface area contributed by atoms with Crippen molar-refractivity contribution in [2.75, 3.05) is 0 Å². The van der Waals surface area contributed by atoms with Gasteiger partial charge in [0, 0.05) is 18.9 Å². The van der Waals surface area contributed by atoms with Crippen LogP contribution in [0.3, 0.4) is 0 Å². The Morgan fingerprint density at radius 1 is 1.09 bits per heavy atom. The number of carbonyl (C=O) groups excluding carboxylic acids is 1. The summed E-state index contributed by atoms with van der Waals surface area (Å²) in [6, 6.07) is 16.9. The van der Waals surface area contributed by atoms with Gasteiger partial charge in [0.15, 0.2) is 0 Å². The molecule has 116 valence electrons. The third-order valence-electron chi connectivity index (χ3n) is 3.33. The molecule has 0 atom stereocenters. The first-order valence-electron chi connectivity index (χ1n) is 7.36. The van der Waals surface area contributed by atoms with Gasteiger partial charge < -0.3 is 9.26 Å². The fraction of sp³-hybridized carbons (Fsp3) is 0.167. The Bertz CT molecular complexity index is 780. The number of benzene rings is 2. The SMILES string of the molecule is Cc1nc(-c2ccc(OC(=O)CCc3ccccc3)cc2)no1. The van der Waals surface area contributed by atoms with Crippen LogP contribution in [0.1, 0.15) is 17.9 Å². The van der Waals surface area contributed by atoms with Crippen molar-refractivity contribution >= 4 is 5.97 Å². The second kappa shape index (κ2) is 6.87. The van der Waals surface area contributed by atoms with Crippen molar-refractivity contribution in [3.8, 4) is 17.1 Å². The quantitative estimate of drug-likeness (QED) is 0.532. The molecule has 0 saturated carbocycles. The van der Waals surface area contributed by atoms with Crippen LogP contribution in [0, 0.1) is 6.92 Å². The van der Waals surface area contributed by atoms with Crippen LogP contribution in [0.4, 0.5) is 0 Å². The van der Waals surface area contributed by atoms with E-state index in [9.17, 15) is 4.79 Å². The van der Waals surface area contributed by atoms with Gasteiger partial charge in [0.1, 0.15) is 5.75 Å². The van der Waals surface area contributed by atoms with Gasteiger partial charge in [-0.05, 0) is 36.2 Å². The van der Waals surface area contributed by atoms with Gasteiger partial charge in [-0.15, -0.1) is 0 Å². The van der Waals surface area contributed by atoms with E-state index in [1.807, 2.05) is 30.3 Å². The molecule has 0 bridgehead atoms. The molecule has 0 aliphatic heterocycles. The molecule has 5 heteroatoms. The fourth-order valence-electron chi connectivity index (χ4n) is 2.16. The maximum absolute atomic E-state index is 11.9. The number of esters is 1.